The van der Waals surface area contributed by atoms with Gasteiger partial charge < -0.3 is 11.1 Å². The van der Waals surface area contributed by atoms with E-state index in [1.54, 1.807) is 6.20 Å². The monoisotopic (exact) mass is 282 g/mol. The summed E-state index contributed by atoms with van der Waals surface area (Å²) < 4.78 is 0. The second-order valence-electron chi connectivity index (χ2n) is 5.31. The van der Waals surface area contributed by atoms with Crippen molar-refractivity contribution in [2.75, 3.05) is 11.1 Å². The Hall–Kier alpha value is -2.63. The normalized spacial score (nSPS) is 11.2. The van der Waals surface area contributed by atoms with Gasteiger partial charge >= 0.3 is 0 Å². The molecule has 4 N–H and O–H groups in total. The van der Waals surface area contributed by atoms with Crippen LogP contribution in [0.1, 0.15) is 30.9 Å². The van der Waals surface area contributed by atoms with E-state index < -0.39 is 0 Å². The molecule has 3 aromatic rings. The number of H-pyrrole nitrogens is 1. The molecule has 0 atom stereocenters. The lowest BCUT2D eigenvalue weighted by Crippen LogP contribution is -2.05. The number of nitrogens with two attached hydrogens (primary N) is 1. The molecule has 0 aliphatic rings. The van der Waals surface area contributed by atoms with Crippen LogP contribution >= 0.6 is 0 Å². The highest BCUT2D eigenvalue weighted by molar-refractivity contribution is 5.86. The van der Waals surface area contributed by atoms with Gasteiger partial charge in [0.2, 0.25) is 5.95 Å². The number of fused-ring (bicyclic) bond motifs is 1. The number of nitrogens with zero attached hydrogens (tertiary/aromatic N) is 3. The highest BCUT2D eigenvalue weighted by Gasteiger charge is 2.07. The lowest BCUT2D eigenvalue weighted by molar-refractivity contribution is 0.865. The first-order chi connectivity index (χ1) is 10.1. The summed E-state index contributed by atoms with van der Waals surface area (Å²) in [7, 11) is 0. The number of hydrogen-bond acceptors (Lipinski definition) is 5. The molecule has 6 heteroatoms. The number of benzene rings is 1. The number of hydrogen-bond donors (Lipinski definition) is 3. The Morgan fingerprint density at radius 2 is 1.95 bits per heavy atom. The first-order valence-corrected chi connectivity index (χ1v) is 6.93. The van der Waals surface area contributed by atoms with Gasteiger partial charge in [-0.2, -0.15) is 15.1 Å². The maximum Gasteiger partial charge on any atom is 0.224 e. The molecule has 6 nitrogen and oxygen atoms in total. The second-order valence-corrected chi connectivity index (χ2v) is 5.31. The molecule has 2 heterocycles. The molecule has 2 aromatic heterocycles. The van der Waals surface area contributed by atoms with Crippen molar-refractivity contribution in [3.05, 3.63) is 41.6 Å². The van der Waals surface area contributed by atoms with E-state index in [4.69, 9.17) is 5.73 Å². The molecule has 0 spiro atoms. The van der Waals surface area contributed by atoms with Crippen molar-refractivity contribution in [2.24, 2.45) is 0 Å². The maximum absolute atomic E-state index is 5.70. The van der Waals surface area contributed by atoms with Crippen LogP contribution in [0.15, 0.2) is 30.5 Å². The molecule has 0 saturated heterocycles. The van der Waals surface area contributed by atoms with Crippen molar-refractivity contribution in [3.63, 3.8) is 0 Å². The van der Waals surface area contributed by atoms with Crippen LogP contribution in [-0.2, 0) is 6.54 Å². The summed E-state index contributed by atoms with van der Waals surface area (Å²) in [6.07, 6.45) is 1.69. The second kappa shape index (κ2) is 5.40. The third-order valence-electron chi connectivity index (χ3n) is 3.43. The largest absolute Gasteiger partial charge is 0.368 e. The Morgan fingerprint density at radius 1 is 1.19 bits per heavy atom. The van der Waals surface area contributed by atoms with E-state index in [2.05, 4.69) is 63.6 Å². The van der Waals surface area contributed by atoms with E-state index in [9.17, 15) is 0 Å². The summed E-state index contributed by atoms with van der Waals surface area (Å²) >= 11 is 0. The first kappa shape index (κ1) is 13.4. The summed E-state index contributed by atoms with van der Waals surface area (Å²) in [5, 5.41) is 10.9. The van der Waals surface area contributed by atoms with Gasteiger partial charge in [-0.05, 0) is 17.0 Å². The lowest BCUT2D eigenvalue weighted by Gasteiger charge is -2.09. The summed E-state index contributed by atoms with van der Waals surface area (Å²) in [5.41, 5.74) is 8.86. The standard InChI is InChI=1S/C15H18N6/c1-9(2)11-5-3-10(4-6-11)7-17-13-12-8-18-21-14(12)20-15(16)19-13/h3-6,8-9H,7H2,1-2H3,(H4,16,17,18,19,20,21). The Labute approximate surface area is 122 Å². The third kappa shape index (κ3) is 2.79. The van der Waals surface area contributed by atoms with Crippen molar-refractivity contribution in [3.8, 4) is 0 Å². The van der Waals surface area contributed by atoms with Gasteiger partial charge in [-0.3, -0.25) is 5.10 Å². The highest BCUT2D eigenvalue weighted by Crippen LogP contribution is 2.20. The smallest absolute Gasteiger partial charge is 0.224 e. The maximum atomic E-state index is 5.70. The predicted octanol–water partition coefficient (Wildman–Crippen LogP) is 2.67. The van der Waals surface area contributed by atoms with Crippen LogP contribution in [0, 0.1) is 0 Å². The van der Waals surface area contributed by atoms with E-state index in [0.29, 0.717) is 23.9 Å². The van der Waals surface area contributed by atoms with E-state index in [1.807, 2.05) is 0 Å². The number of nitrogens with one attached hydrogen (secondary N) is 2. The molecule has 0 saturated carbocycles. The molecule has 0 radical (unpaired) electrons. The molecule has 0 bridgehead atoms. The minimum absolute atomic E-state index is 0.226. The molecule has 0 aliphatic heterocycles. The average molecular weight is 282 g/mol. The molecule has 1 aromatic carbocycles. The molecule has 108 valence electrons. The third-order valence-corrected chi connectivity index (χ3v) is 3.43. The van der Waals surface area contributed by atoms with Crippen molar-refractivity contribution in [1.82, 2.24) is 20.2 Å². The number of aromatic nitrogens is 4. The fourth-order valence-electron chi connectivity index (χ4n) is 2.19. The van der Waals surface area contributed by atoms with Crippen molar-refractivity contribution < 1.29 is 0 Å². The van der Waals surface area contributed by atoms with Gasteiger partial charge in [-0.1, -0.05) is 38.1 Å². The molecular weight excluding hydrogens is 264 g/mol. The van der Waals surface area contributed by atoms with Crippen LogP contribution in [0.4, 0.5) is 11.8 Å². The van der Waals surface area contributed by atoms with Gasteiger partial charge in [-0.15, -0.1) is 0 Å². The summed E-state index contributed by atoms with van der Waals surface area (Å²) in [4.78, 5) is 8.32. The minimum atomic E-state index is 0.226. The van der Waals surface area contributed by atoms with Gasteiger partial charge in [-0.25, -0.2) is 0 Å². The summed E-state index contributed by atoms with van der Waals surface area (Å²) in [5.74, 6) is 1.46. The van der Waals surface area contributed by atoms with Gasteiger partial charge in [0.05, 0.1) is 11.6 Å². The van der Waals surface area contributed by atoms with Crippen LogP contribution in [0.3, 0.4) is 0 Å². The Balaban J connectivity index is 1.78. The SMILES string of the molecule is CC(C)c1ccc(CNc2nc(N)nc3[nH]ncc23)cc1. The van der Waals surface area contributed by atoms with Gasteiger partial charge in [0.15, 0.2) is 5.65 Å². The van der Waals surface area contributed by atoms with Gasteiger partial charge in [0.1, 0.15) is 5.82 Å². The average Bonchev–Trinajstić information content (AvgIpc) is 2.93. The fraction of sp³-hybridized carbons (Fsp3) is 0.267. The van der Waals surface area contributed by atoms with E-state index >= 15 is 0 Å². The van der Waals surface area contributed by atoms with Crippen molar-refractivity contribution in [2.45, 2.75) is 26.3 Å². The van der Waals surface area contributed by atoms with Crippen LogP contribution in [0.5, 0.6) is 0 Å². The molecule has 0 unspecified atom stereocenters. The highest BCUT2D eigenvalue weighted by atomic mass is 15.2. The Morgan fingerprint density at radius 3 is 2.67 bits per heavy atom. The van der Waals surface area contributed by atoms with E-state index in [1.165, 1.54) is 11.1 Å². The molecular formula is C15H18N6. The van der Waals surface area contributed by atoms with E-state index in [0.717, 1.165) is 5.39 Å². The van der Waals surface area contributed by atoms with E-state index in [-0.39, 0.29) is 5.95 Å². The zero-order valence-corrected chi connectivity index (χ0v) is 12.1. The molecule has 0 fully saturated rings. The number of anilines is 2. The quantitative estimate of drug-likeness (QED) is 0.684. The zero-order chi connectivity index (χ0) is 14.8. The van der Waals surface area contributed by atoms with Crippen molar-refractivity contribution >= 4 is 22.8 Å². The van der Waals surface area contributed by atoms with Crippen LogP contribution in [0.25, 0.3) is 11.0 Å². The topological polar surface area (TPSA) is 92.5 Å². The number of aromatic amines is 1. The molecule has 0 amide bonds. The number of rotatable bonds is 4. The predicted molar refractivity (Wildman–Crippen MR) is 84.0 cm³/mol. The lowest BCUT2D eigenvalue weighted by atomic mass is 10.0. The Bertz CT molecular complexity index is 744. The first-order valence-electron chi connectivity index (χ1n) is 6.93. The molecule has 3 rings (SSSR count). The molecule has 0 aliphatic carbocycles. The van der Waals surface area contributed by atoms with Crippen LogP contribution < -0.4 is 11.1 Å². The van der Waals surface area contributed by atoms with Crippen LogP contribution in [0.2, 0.25) is 0 Å². The summed E-state index contributed by atoms with van der Waals surface area (Å²) in [6.45, 7) is 5.05. The zero-order valence-electron chi connectivity index (χ0n) is 12.1. The minimum Gasteiger partial charge on any atom is -0.368 e. The van der Waals surface area contributed by atoms with Gasteiger partial charge in [0.25, 0.3) is 0 Å². The number of nitrogen functional groups attached to an aromatic ring is 1. The fourth-order valence-corrected chi connectivity index (χ4v) is 2.19. The van der Waals surface area contributed by atoms with Crippen LogP contribution in [-0.4, -0.2) is 20.2 Å². The molecule has 21 heavy (non-hydrogen) atoms. The summed E-state index contributed by atoms with van der Waals surface area (Å²) in [6, 6.07) is 8.56. The van der Waals surface area contributed by atoms with Crippen molar-refractivity contribution in [1.29, 1.82) is 0 Å². The Kier molecular flexibility index (Phi) is 3.43. The van der Waals surface area contributed by atoms with Gasteiger partial charge in [0, 0.05) is 6.54 Å².